The fraction of sp³-hybridized carbons (Fsp3) is 0.444. The van der Waals surface area contributed by atoms with Crippen molar-refractivity contribution in [3.05, 3.63) is 35.7 Å². The number of hydrogen-bond acceptors (Lipinski definition) is 5. The summed E-state index contributed by atoms with van der Waals surface area (Å²) in [6, 6.07) is 8.24. The summed E-state index contributed by atoms with van der Waals surface area (Å²) in [5.74, 6) is 1.37. The number of carbonyl (C=O) groups is 1. The highest BCUT2D eigenvalue weighted by atomic mass is 32.2. The van der Waals surface area contributed by atoms with Crippen LogP contribution >= 0.6 is 11.8 Å². The Morgan fingerprint density at radius 3 is 2.58 bits per heavy atom. The quantitative estimate of drug-likeness (QED) is 0.843. The van der Waals surface area contributed by atoms with E-state index in [1.54, 1.807) is 11.8 Å². The lowest BCUT2D eigenvalue weighted by Gasteiger charge is -2.29. The smallest absolute Gasteiger partial charge is 0.226 e. The van der Waals surface area contributed by atoms with Crippen molar-refractivity contribution in [3.63, 3.8) is 0 Å². The van der Waals surface area contributed by atoms with Crippen LogP contribution in [-0.4, -0.2) is 35.1 Å². The lowest BCUT2D eigenvalue weighted by molar-refractivity contribution is -0.123. The number of nitrogens with zero attached hydrogens (tertiary/aromatic N) is 2. The Labute approximate surface area is 146 Å². The van der Waals surface area contributed by atoms with Gasteiger partial charge in [-0.05, 0) is 63.4 Å². The molecule has 2 N–H and O–H groups in total. The molecule has 5 nitrogen and oxygen atoms in total. The average molecular weight is 345 g/mol. The first-order chi connectivity index (χ1) is 11.6. The summed E-state index contributed by atoms with van der Waals surface area (Å²) < 4.78 is 5.86. The van der Waals surface area contributed by atoms with Gasteiger partial charge in [-0.3, -0.25) is 9.69 Å². The summed E-state index contributed by atoms with van der Waals surface area (Å²) in [6.45, 7) is 4.46. The Balaban J connectivity index is 1.67. The zero-order chi connectivity index (χ0) is 17.1. The van der Waals surface area contributed by atoms with Crippen LogP contribution < -0.4 is 5.73 Å². The number of thioether (sulfide) groups is 1. The highest BCUT2D eigenvalue weighted by Crippen LogP contribution is 2.26. The summed E-state index contributed by atoms with van der Waals surface area (Å²) in [7, 11) is 0. The van der Waals surface area contributed by atoms with Crippen LogP contribution in [0.4, 0.5) is 0 Å². The van der Waals surface area contributed by atoms with Gasteiger partial charge in [0.1, 0.15) is 5.76 Å². The van der Waals surface area contributed by atoms with E-state index in [0.29, 0.717) is 5.89 Å². The van der Waals surface area contributed by atoms with Crippen LogP contribution in [0.2, 0.25) is 0 Å². The van der Waals surface area contributed by atoms with Crippen molar-refractivity contribution in [2.75, 3.05) is 19.3 Å². The van der Waals surface area contributed by atoms with Crippen LogP contribution in [0.3, 0.4) is 0 Å². The van der Waals surface area contributed by atoms with Gasteiger partial charge in [-0.1, -0.05) is 0 Å². The topological polar surface area (TPSA) is 72.4 Å². The SMILES string of the molecule is CSc1ccc(-c2nc(CN3CCC(C(N)=O)CC3)c(C)o2)cc1. The third-order valence-electron chi connectivity index (χ3n) is 4.59. The van der Waals surface area contributed by atoms with E-state index in [-0.39, 0.29) is 11.8 Å². The third kappa shape index (κ3) is 3.82. The minimum Gasteiger partial charge on any atom is -0.441 e. The predicted molar refractivity (Wildman–Crippen MR) is 95.7 cm³/mol. The molecule has 128 valence electrons. The normalized spacial score (nSPS) is 16.4. The second-order valence-corrected chi connectivity index (χ2v) is 7.08. The summed E-state index contributed by atoms with van der Waals surface area (Å²) in [5.41, 5.74) is 7.36. The summed E-state index contributed by atoms with van der Waals surface area (Å²) in [4.78, 5) is 19.5. The molecule has 0 aliphatic carbocycles. The molecule has 0 bridgehead atoms. The number of primary amides is 1. The van der Waals surface area contributed by atoms with Gasteiger partial charge in [0.2, 0.25) is 11.8 Å². The van der Waals surface area contributed by atoms with E-state index in [4.69, 9.17) is 10.2 Å². The molecule has 2 aromatic rings. The fourth-order valence-electron chi connectivity index (χ4n) is 3.02. The molecule has 1 aromatic heterocycles. The van der Waals surface area contributed by atoms with Gasteiger partial charge in [-0.25, -0.2) is 4.98 Å². The summed E-state index contributed by atoms with van der Waals surface area (Å²) in [6.07, 6.45) is 3.72. The predicted octanol–water partition coefficient (Wildman–Crippen LogP) is 3.07. The Bertz CT molecular complexity index is 704. The maximum absolute atomic E-state index is 11.3. The number of rotatable bonds is 5. The van der Waals surface area contributed by atoms with Crippen LogP contribution in [0.25, 0.3) is 11.5 Å². The average Bonchev–Trinajstić information content (AvgIpc) is 2.96. The molecule has 1 aromatic carbocycles. The summed E-state index contributed by atoms with van der Waals surface area (Å²) >= 11 is 1.72. The number of oxazole rings is 1. The van der Waals surface area contributed by atoms with E-state index in [1.165, 1.54) is 4.90 Å². The molecule has 1 saturated heterocycles. The van der Waals surface area contributed by atoms with E-state index < -0.39 is 0 Å². The van der Waals surface area contributed by atoms with Gasteiger partial charge in [-0.2, -0.15) is 0 Å². The maximum Gasteiger partial charge on any atom is 0.226 e. The molecule has 2 heterocycles. The van der Waals surface area contributed by atoms with Gasteiger partial charge in [0.15, 0.2) is 0 Å². The van der Waals surface area contributed by atoms with Crippen LogP contribution in [0.1, 0.15) is 24.3 Å². The van der Waals surface area contributed by atoms with E-state index in [1.807, 2.05) is 19.1 Å². The van der Waals surface area contributed by atoms with Crippen molar-refractivity contribution >= 4 is 17.7 Å². The number of piperidine rings is 1. The third-order valence-corrected chi connectivity index (χ3v) is 5.34. The lowest BCUT2D eigenvalue weighted by atomic mass is 9.96. The number of benzene rings is 1. The first kappa shape index (κ1) is 17.0. The zero-order valence-electron chi connectivity index (χ0n) is 14.1. The number of amides is 1. The van der Waals surface area contributed by atoms with Gasteiger partial charge in [0.05, 0.1) is 5.69 Å². The molecule has 0 saturated carbocycles. The number of aromatic nitrogens is 1. The largest absolute Gasteiger partial charge is 0.441 e. The molecule has 3 rings (SSSR count). The van der Waals surface area contributed by atoms with Crippen LogP contribution in [0.5, 0.6) is 0 Å². The second-order valence-electron chi connectivity index (χ2n) is 6.20. The van der Waals surface area contributed by atoms with Crippen molar-refractivity contribution in [1.82, 2.24) is 9.88 Å². The summed E-state index contributed by atoms with van der Waals surface area (Å²) in [5, 5.41) is 0. The number of aryl methyl sites for hydroxylation is 1. The number of nitrogens with two attached hydrogens (primary N) is 1. The van der Waals surface area contributed by atoms with Crippen molar-refractivity contribution in [3.8, 4) is 11.5 Å². The highest BCUT2D eigenvalue weighted by molar-refractivity contribution is 7.98. The van der Waals surface area contributed by atoms with E-state index >= 15 is 0 Å². The Morgan fingerprint density at radius 2 is 2.00 bits per heavy atom. The van der Waals surface area contributed by atoms with E-state index in [2.05, 4.69) is 28.3 Å². The van der Waals surface area contributed by atoms with Crippen molar-refractivity contribution in [2.45, 2.75) is 31.2 Å². The second kappa shape index (κ2) is 7.40. The minimum absolute atomic E-state index is 0.0187. The maximum atomic E-state index is 11.3. The van der Waals surface area contributed by atoms with Crippen molar-refractivity contribution in [1.29, 1.82) is 0 Å². The number of carbonyl (C=O) groups excluding carboxylic acids is 1. The van der Waals surface area contributed by atoms with Gasteiger partial charge in [0, 0.05) is 22.9 Å². The highest BCUT2D eigenvalue weighted by Gasteiger charge is 2.24. The minimum atomic E-state index is -0.178. The molecule has 1 aliphatic heterocycles. The number of hydrogen-bond donors (Lipinski definition) is 1. The van der Waals surface area contributed by atoms with E-state index in [9.17, 15) is 4.79 Å². The number of likely N-dealkylation sites (tertiary alicyclic amines) is 1. The fourth-order valence-corrected chi connectivity index (χ4v) is 3.43. The molecule has 6 heteroatoms. The van der Waals surface area contributed by atoms with Crippen molar-refractivity contribution in [2.24, 2.45) is 11.7 Å². The molecule has 0 radical (unpaired) electrons. The molecular weight excluding hydrogens is 322 g/mol. The Morgan fingerprint density at radius 1 is 1.33 bits per heavy atom. The lowest BCUT2D eigenvalue weighted by Crippen LogP contribution is -2.38. The zero-order valence-corrected chi connectivity index (χ0v) is 14.9. The van der Waals surface area contributed by atoms with Crippen LogP contribution in [-0.2, 0) is 11.3 Å². The van der Waals surface area contributed by atoms with Crippen LogP contribution in [0.15, 0.2) is 33.6 Å². The monoisotopic (exact) mass is 345 g/mol. The molecular formula is C18H23N3O2S. The van der Waals surface area contributed by atoms with Gasteiger partial charge in [0.25, 0.3) is 0 Å². The van der Waals surface area contributed by atoms with Crippen LogP contribution in [0, 0.1) is 12.8 Å². The van der Waals surface area contributed by atoms with Crippen molar-refractivity contribution < 1.29 is 9.21 Å². The standard InChI is InChI=1S/C18H23N3O2S/c1-12-16(11-21-9-7-13(8-10-21)17(19)22)20-18(23-12)14-3-5-15(24-2)6-4-14/h3-6,13H,7-11H2,1-2H3,(H2,19,22). The molecule has 1 aliphatic rings. The Hall–Kier alpha value is -1.79. The van der Waals surface area contributed by atoms with Gasteiger partial charge < -0.3 is 10.2 Å². The van der Waals surface area contributed by atoms with E-state index in [0.717, 1.165) is 49.5 Å². The molecule has 1 fully saturated rings. The Kier molecular flexibility index (Phi) is 5.26. The van der Waals surface area contributed by atoms with Gasteiger partial charge >= 0.3 is 0 Å². The first-order valence-electron chi connectivity index (χ1n) is 8.19. The van der Waals surface area contributed by atoms with Gasteiger partial charge in [-0.15, -0.1) is 11.8 Å². The molecule has 0 unspecified atom stereocenters. The molecule has 1 amide bonds. The first-order valence-corrected chi connectivity index (χ1v) is 9.41. The molecule has 0 atom stereocenters. The molecule has 24 heavy (non-hydrogen) atoms. The molecule has 0 spiro atoms.